The topological polar surface area (TPSA) is 69.4 Å². The fraction of sp³-hybridized carbons (Fsp3) is 0.364. The molecule has 0 bridgehead atoms. The Morgan fingerprint density at radius 3 is 2.12 bits per heavy atom. The second-order valence-corrected chi connectivity index (χ2v) is 4.27. The quantitative estimate of drug-likeness (QED) is 0.345. The van der Waals surface area contributed by atoms with Gasteiger partial charge in [0.15, 0.2) is 0 Å². The van der Waals surface area contributed by atoms with E-state index in [9.17, 15) is 50.0 Å². The summed E-state index contributed by atoms with van der Waals surface area (Å²) in [6.07, 6.45) is -6.72. The summed E-state index contributed by atoms with van der Waals surface area (Å²) >= 11 is 0. The highest BCUT2D eigenvalue weighted by Crippen LogP contribution is 2.47. The monoisotopic (exact) mass is 367 g/mol. The molecule has 24 heavy (non-hydrogen) atoms. The van der Waals surface area contributed by atoms with Crippen molar-refractivity contribution >= 4 is 11.7 Å². The first-order chi connectivity index (χ1) is 10.7. The highest BCUT2D eigenvalue weighted by atomic mass is 19.4. The first kappa shape index (κ1) is 19.6. The number of esters is 1. The molecule has 5 nitrogen and oxygen atoms in total. The van der Waals surface area contributed by atoms with Crippen molar-refractivity contribution in [2.75, 3.05) is 0 Å². The highest BCUT2D eigenvalue weighted by Gasteiger charge is 2.77. The number of rotatable bonds is 5. The van der Waals surface area contributed by atoms with E-state index in [0.717, 1.165) is 6.07 Å². The molecule has 0 fully saturated rings. The lowest BCUT2D eigenvalue weighted by molar-refractivity contribution is -0.387. The molecule has 0 aromatic heterocycles. The molecule has 1 aromatic rings. The van der Waals surface area contributed by atoms with Gasteiger partial charge in [-0.2, -0.15) is 35.1 Å². The Hall–Kier alpha value is -2.47. The van der Waals surface area contributed by atoms with E-state index in [1.165, 1.54) is 0 Å². The number of alkyl halides is 7. The summed E-state index contributed by atoms with van der Waals surface area (Å²) in [7, 11) is 0. The Morgan fingerprint density at radius 1 is 1.12 bits per heavy atom. The van der Waals surface area contributed by atoms with Gasteiger partial charge in [0.2, 0.25) is 5.82 Å². The van der Waals surface area contributed by atoms with E-state index in [1.807, 2.05) is 0 Å². The van der Waals surface area contributed by atoms with Crippen LogP contribution >= 0.6 is 0 Å². The van der Waals surface area contributed by atoms with Crippen LogP contribution in [0.4, 0.5) is 40.8 Å². The maximum absolute atomic E-state index is 13.0. The average Bonchev–Trinajstić information content (AvgIpc) is 2.44. The van der Waals surface area contributed by atoms with Gasteiger partial charge in [0, 0.05) is 6.07 Å². The summed E-state index contributed by atoms with van der Waals surface area (Å²) in [5.74, 6) is -17.4. The number of nitro groups is 1. The maximum Gasteiger partial charge on any atom is 0.460 e. The van der Waals surface area contributed by atoms with E-state index in [0.29, 0.717) is 12.1 Å². The van der Waals surface area contributed by atoms with Gasteiger partial charge in [-0.25, -0.2) is 4.79 Å². The first-order valence-electron chi connectivity index (χ1n) is 5.64. The lowest BCUT2D eigenvalue weighted by Gasteiger charge is -2.26. The molecule has 0 spiro atoms. The zero-order chi connectivity index (χ0) is 18.9. The van der Waals surface area contributed by atoms with Gasteiger partial charge in [0.05, 0.1) is 4.92 Å². The summed E-state index contributed by atoms with van der Waals surface area (Å²) in [5, 5.41) is 10.4. The fourth-order valence-corrected chi connectivity index (χ4v) is 1.33. The Bertz CT molecular complexity index is 658. The molecule has 0 aliphatic rings. The van der Waals surface area contributed by atoms with Gasteiger partial charge in [-0.1, -0.05) is 6.07 Å². The number of nitro benzene ring substituents is 1. The van der Waals surface area contributed by atoms with E-state index in [1.54, 1.807) is 0 Å². The molecule has 0 saturated carbocycles. The first-order valence-corrected chi connectivity index (χ1v) is 5.64. The van der Waals surface area contributed by atoms with Gasteiger partial charge in [-0.3, -0.25) is 10.1 Å². The van der Waals surface area contributed by atoms with Crippen LogP contribution in [-0.4, -0.2) is 28.9 Å². The van der Waals surface area contributed by atoms with E-state index in [4.69, 9.17) is 0 Å². The highest BCUT2D eigenvalue weighted by molar-refractivity contribution is 5.79. The molecular weight excluding hydrogens is 362 g/mol. The third kappa shape index (κ3) is 3.54. The molecule has 134 valence electrons. The molecule has 0 unspecified atom stereocenters. The molecule has 0 atom stereocenters. The number of halogens is 8. The summed E-state index contributed by atoms with van der Waals surface area (Å²) in [6.45, 7) is -1.32. The number of benzene rings is 1. The Morgan fingerprint density at radius 2 is 1.67 bits per heavy atom. The van der Waals surface area contributed by atoms with Gasteiger partial charge >= 0.3 is 29.7 Å². The molecule has 0 aliphatic carbocycles. The van der Waals surface area contributed by atoms with Gasteiger partial charge in [0.1, 0.15) is 6.61 Å². The van der Waals surface area contributed by atoms with Crippen molar-refractivity contribution in [3.63, 3.8) is 0 Å². The third-order valence-electron chi connectivity index (χ3n) is 2.58. The van der Waals surface area contributed by atoms with Crippen molar-refractivity contribution in [3.8, 4) is 0 Å². The molecule has 13 heteroatoms. The normalized spacial score (nSPS) is 12.8. The van der Waals surface area contributed by atoms with Gasteiger partial charge in [0.25, 0.3) is 0 Å². The minimum absolute atomic E-state index is 0.433. The van der Waals surface area contributed by atoms with Crippen molar-refractivity contribution in [2.24, 2.45) is 0 Å². The molecule has 0 amide bonds. The van der Waals surface area contributed by atoms with Crippen LogP contribution in [0.15, 0.2) is 18.2 Å². The van der Waals surface area contributed by atoms with Crippen LogP contribution in [0.1, 0.15) is 5.56 Å². The van der Waals surface area contributed by atoms with Crippen molar-refractivity contribution < 1.29 is 49.6 Å². The molecule has 0 N–H and O–H groups in total. The van der Waals surface area contributed by atoms with Gasteiger partial charge in [-0.05, 0) is 11.6 Å². The van der Waals surface area contributed by atoms with Crippen LogP contribution in [0.5, 0.6) is 0 Å². The minimum Gasteiger partial charge on any atom is -0.456 e. The predicted octanol–water partition coefficient (Wildman–Crippen LogP) is 3.61. The maximum atomic E-state index is 13.0. The number of carbonyl (C=O) groups excluding carboxylic acids is 1. The van der Waals surface area contributed by atoms with Crippen LogP contribution in [0.3, 0.4) is 0 Å². The lowest BCUT2D eigenvalue weighted by atomic mass is 10.1. The van der Waals surface area contributed by atoms with E-state index < -0.39 is 52.6 Å². The zero-order valence-electron chi connectivity index (χ0n) is 11.0. The zero-order valence-corrected chi connectivity index (χ0v) is 11.0. The van der Waals surface area contributed by atoms with Crippen molar-refractivity contribution in [1.29, 1.82) is 0 Å². The number of carbonyl (C=O) groups is 1. The van der Waals surface area contributed by atoms with Crippen LogP contribution in [0, 0.1) is 15.9 Å². The fourth-order valence-electron chi connectivity index (χ4n) is 1.33. The van der Waals surface area contributed by atoms with Crippen molar-refractivity contribution in [3.05, 3.63) is 39.7 Å². The smallest absolute Gasteiger partial charge is 0.456 e. The summed E-state index contributed by atoms with van der Waals surface area (Å²) in [4.78, 5) is 20.1. The minimum atomic E-state index is -6.72. The predicted molar refractivity (Wildman–Crippen MR) is 58.8 cm³/mol. The molecule has 1 rings (SSSR count). The summed E-state index contributed by atoms with van der Waals surface area (Å²) < 4.78 is 103. The number of hydrogen-bond donors (Lipinski definition) is 0. The number of ether oxygens (including phenoxy) is 1. The molecule has 0 saturated heterocycles. The summed E-state index contributed by atoms with van der Waals surface area (Å²) in [5.41, 5.74) is -1.63. The SMILES string of the molecule is O=C(OCc1ccc(F)c([N+](=O)[O-])c1)C(F)(F)C(F)(F)C(F)(F)F. The average molecular weight is 367 g/mol. The second kappa shape index (κ2) is 6.20. The second-order valence-electron chi connectivity index (χ2n) is 4.27. The van der Waals surface area contributed by atoms with Crippen LogP contribution in [-0.2, 0) is 16.1 Å². The van der Waals surface area contributed by atoms with Crippen LogP contribution < -0.4 is 0 Å². The molecule has 0 radical (unpaired) electrons. The van der Waals surface area contributed by atoms with Crippen molar-refractivity contribution in [2.45, 2.75) is 24.6 Å². The molecule has 1 aromatic carbocycles. The number of nitrogens with zero attached hydrogens (tertiary/aromatic N) is 1. The third-order valence-corrected chi connectivity index (χ3v) is 2.58. The largest absolute Gasteiger partial charge is 0.460 e. The number of hydrogen-bond acceptors (Lipinski definition) is 4. The standard InChI is InChI=1S/C11H5F8NO4/c12-6-2-1-5(3-7(6)20(22)23)4-24-8(21)9(13,14)10(15,16)11(17,18)19/h1-3H,4H2. The Labute approximate surface area is 127 Å². The van der Waals surface area contributed by atoms with Gasteiger partial charge < -0.3 is 4.74 Å². The van der Waals surface area contributed by atoms with Crippen LogP contribution in [0.25, 0.3) is 0 Å². The molecule has 0 aliphatic heterocycles. The van der Waals surface area contributed by atoms with Gasteiger partial charge in [-0.15, -0.1) is 0 Å². The van der Waals surface area contributed by atoms with E-state index in [2.05, 4.69) is 4.74 Å². The van der Waals surface area contributed by atoms with E-state index in [-0.39, 0.29) is 0 Å². The Balaban J connectivity index is 2.94. The summed E-state index contributed by atoms with van der Waals surface area (Å²) in [6, 6.07) is 1.64. The van der Waals surface area contributed by atoms with E-state index >= 15 is 0 Å². The Kier molecular flexibility index (Phi) is 5.06. The molecule has 0 heterocycles. The molecular formula is C11H5F8NO4. The lowest BCUT2D eigenvalue weighted by Crippen LogP contribution is -2.56. The van der Waals surface area contributed by atoms with Crippen LogP contribution in [0.2, 0.25) is 0 Å². The van der Waals surface area contributed by atoms with Crippen molar-refractivity contribution in [1.82, 2.24) is 0 Å².